The summed E-state index contributed by atoms with van der Waals surface area (Å²) in [6.07, 6.45) is 0.658. The molecule has 0 spiro atoms. The Balaban J connectivity index is 1.36. The second kappa shape index (κ2) is 11.6. The van der Waals surface area contributed by atoms with Gasteiger partial charge in [0, 0.05) is 22.0 Å². The molecule has 0 aliphatic carbocycles. The van der Waals surface area contributed by atoms with Gasteiger partial charge in [-0.15, -0.1) is 0 Å². The Hall–Kier alpha value is -4.37. The minimum absolute atomic E-state index is 0.0380. The summed E-state index contributed by atoms with van der Waals surface area (Å²) in [6.45, 7) is 6.95. The molecule has 0 atom stereocenters. The number of amides is 2. The maximum Gasteiger partial charge on any atom is 0.264 e. The van der Waals surface area contributed by atoms with E-state index in [0.29, 0.717) is 48.1 Å². The van der Waals surface area contributed by atoms with Crippen LogP contribution in [0.5, 0.6) is 11.5 Å². The number of hydrogen-bond acceptors (Lipinski definition) is 6. The molecule has 0 saturated heterocycles. The summed E-state index contributed by atoms with van der Waals surface area (Å²) >= 11 is 0. The number of carbonyl (C=O) groups excluding carboxylic acids is 2. The fourth-order valence-electron chi connectivity index (χ4n) is 5.11. The molecule has 0 saturated carbocycles. The van der Waals surface area contributed by atoms with Gasteiger partial charge in [0.1, 0.15) is 11.5 Å². The first-order valence-electron chi connectivity index (χ1n) is 13.7. The number of ether oxygens (including phenoxy) is 2. The van der Waals surface area contributed by atoms with Gasteiger partial charge in [-0.25, -0.2) is 13.1 Å². The van der Waals surface area contributed by atoms with Crippen molar-refractivity contribution in [2.45, 2.75) is 45.1 Å². The van der Waals surface area contributed by atoms with E-state index in [1.807, 2.05) is 45.0 Å². The summed E-state index contributed by atoms with van der Waals surface area (Å²) in [5, 5.41) is 1.72. The molecule has 0 aromatic heterocycles. The Morgan fingerprint density at radius 2 is 1.41 bits per heavy atom. The highest BCUT2D eigenvalue weighted by atomic mass is 32.2. The largest absolute Gasteiger partial charge is 0.493 e. The van der Waals surface area contributed by atoms with Crippen LogP contribution in [-0.4, -0.2) is 33.4 Å². The number of nitrogens with one attached hydrogen (secondary N) is 1. The summed E-state index contributed by atoms with van der Waals surface area (Å²) in [4.78, 5) is 28.0. The van der Waals surface area contributed by atoms with Crippen molar-refractivity contribution in [3.63, 3.8) is 0 Å². The predicted molar refractivity (Wildman–Crippen MR) is 158 cm³/mol. The van der Waals surface area contributed by atoms with Crippen molar-refractivity contribution in [2.75, 3.05) is 18.1 Å². The Bertz CT molecular complexity index is 1710. The molecule has 4 aromatic carbocycles. The average molecular weight is 573 g/mol. The van der Waals surface area contributed by atoms with Crippen molar-refractivity contribution in [3.05, 3.63) is 95.1 Å². The Kier molecular flexibility index (Phi) is 7.99. The molecular weight excluding hydrogens is 540 g/mol. The zero-order valence-corrected chi connectivity index (χ0v) is 24.1. The van der Waals surface area contributed by atoms with Gasteiger partial charge in [0.2, 0.25) is 5.91 Å². The van der Waals surface area contributed by atoms with Crippen LogP contribution in [0.25, 0.3) is 10.8 Å². The molecule has 1 aliphatic heterocycles. The van der Waals surface area contributed by atoms with Crippen LogP contribution >= 0.6 is 0 Å². The zero-order valence-electron chi connectivity index (χ0n) is 23.3. The van der Waals surface area contributed by atoms with Gasteiger partial charge in [-0.05, 0) is 55.7 Å². The van der Waals surface area contributed by atoms with E-state index in [-0.39, 0.29) is 17.2 Å². The van der Waals surface area contributed by atoms with E-state index < -0.39 is 15.9 Å². The summed E-state index contributed by atoms with van der Waals surface area (Å²) in [6, 6.07) is 21.1. The molecule has 0 radical (unpaired) electrons. The highest BCUT2D eigenvalue weighted by Crippen LogP contribution is 2.46. The zero-order chi connectivity index (χ0) is 29.1. The number of aryl methyl sites for hydroxylation is 1. The summed E-state index contributed by atoms with van der Waals surface area (Å²) in [5.41, 5.74) is 3.54. The standard InChI is InChI=1S/C32H32N2O6S/c1-4-21-13-17-24(18-14-21)41(37,38)33-28(35)19-22-11-15-23(16-12-22)34-20-27-29(32(34)36)31(40-6-3)26-10-8-7-9-25(26)30(27)39-5-2/h7-18H,4-6,19-20H2,1-3H3,(H,33,35). The van der Waals surface area contributed by atoms with Crippen molar-refractivity contribution in [1.29, 1.82) is 0 Å². The molecule has 0 bridgehead atoms. The highest BCUT2D eigenvalue weighted by molar-refractivity contribution is 7.90. The number of rotatable bonds is 10. The van der Waals surface area contributed by atoms with E-state index >= 15 is 0 Å². The Morgan fingerprint density at radius 3 is 2.02 bits per heavy atom. The minimum Gasteiger partial charge on any atom is -0.493 e. The molecule has 212 valence electrons. The molecule has 1 N–H and O–H groups in total. The van der Waals surface area contributed by atoms with Gasteiger partial charge in [0.25, 0.3) is 15.9 Å². The first-order valence-corrected chi connectivity index (χ1v) is 15.1. The van der Waals surface area contributed by atoms with Crippen LogP contribution in [0.2, 0.25) is 0 Å². The smallest absolute Gasteiger partial charge is 0.264 e. The van der Waals surface area contributed by atoms with E-state index in [9.17, 15) is 18.0 Å². The number of sulfonamides is 1. The van der Waals surface area contributed by atoms with E-state index in [0.717, 1.165) is 28.3 Å². The van der Waals surface area contributed by atoms with Gasteiger partial charge in [-0.1, -0.05) is 55.5 Å². The number of anilines is 1. The van der Waals surface area contributed by atoms with E-state index in [1.54, 1.807) is 41.3 Å². The summed E-state index contributed by atoms with van der Waals surface area (Å²) < 4.78 is 39.5. The topological polar surface area (TPSA) is 102 Å². The number of hydrogen-bond donors (Lipinski definition) is 1. The SMILES string of the molecule is CCOc1c2c(c(OCC)c3ccccc13)C(=O)N(c1ccc(CC(=O)NS(=O)(=O)c3ccc(CC)cc3)cc1)C2. The molecule has 0 fully saturated rings. The summed E-state index contributed by atoms with van der Waals surface area (Å²) in [7, 11) is -3.97. The molecule has 8 nitrogen and oxygen atoms in total. The van der Waals surface area contributed by atoms with E-state index in [4.69, 9.17) is 9.47 Å². The highest BCUT2D eigenvalue weighted by Gasteiger charge is 2.36. The molecule has 0 unspecified atom stereocenters. The van der Waals surface area contributed by atoms with Crippen molar-refractivity contribution < 1.29 is 27.5 Å². The quantitative estimate of drug-likeness (QED) is 0.273. The monoisotopic (exact) mass is 572 g/mol. The second-order valence-corrected chi connectivity index (χ2v) is 11.4. The van der Waals surface area contributed by atoms with Gasteiger partial charge in [0.05, 0.1) is 36.6 Å². The van der Waals surface area contributed by atoms with Gasteiger partial charge in [-0.3, -0.25) is 9.59 Å². The van der Waals surface area contributed by atoms with Crippen LogP contribution < -0.4 is 19.1 Å². The molecule has 4 aromatic rings. The molecule has 5 rings (SSSR count). The van der Waals surface area contributed by atoms with Crippen molar-refractivity contribution in [3.8, 4) is 11.5 Å². The van der Waals surface area contributed by atoms with Crippen molar-refractivity contribution in [2.24, 2.45) is 0 Å². The van der Waals surface area contributed by atoms with Gasteiger partial charge in [0.15, 0.2) is 0 Å². The van der Waals surface area contributed by atoms with E-state index in [2.05, 4.69) is 4.72 Å². The summed E-state index contributed by atoms with van der Waals surface area (Å²) in [5.74, 6) is 0.390. The molecule has 41 heavy (non-hydrogen) atoms. The van der Waals surface area contributed by atoms with Crippen LogP contribution in [0.4, 0.5) is 5.69 Å². The lowest BCUT2D eigenvalue weighted by Gasteiger charge is -2.16. The van der Waals surface area contributed by atoms with Gasteiger partial charge >= 0.3 is 0 Å². The number of fused-ring (bicyclic) bond motifs is 2. The van der Waals surface area contributed by atoms with Gasteiger partial charge in [-0.2, -0.15) is 0 Å². The molecule has 1 heterocycles. The normalized spacial score (nSPS) is 12.9. The van der Waals surface area contributed by atoms with Crippen LogP contribution in [0, 0.1) is 0 Å². The number of benzene rings is 4. The fourth-order valence-corrected chi connectivity index (χ4v) is 6.09. The lowest BCUT2D eigenvalue weighted by atomic mass is 9.99. The van der Waals surface area contributed by atoms with Crippen LogP contribution in [0.3, 0.4) is 0 Å². The minimum atomic E-state index is -3.97. The maximum atomic E-state index is 13.7. The molecule has 1 aliphatic rings. The molecule has 2 amide bonds. The number of nitrogens with zero attached hydrogens (tertiary/aromatic N) is 1. The molecular formula is C32H32N2O6S. The lowest BCUT2D eigenvalue weighted by molar-refractivity contribution is -0.118. The first-order chi connectivity index (χ1) is 19.8. The van der Waals surface area contributed by atoms with E-state index in [1.165, 1.54) is 12.1 Å². The number of carbonyl (C=O) groups is 2. The van der Waals surface area contributed by atoms with Gasteiger partial charge < -0.3 is 14.4 Å². The average Bonchev–Trinajstić information content (AvgIpc) is 3.31. The maximum absolute atomic E-state index is 13.7. The molecule has 9 heteroatoms. The predicted octanol–water partition coefficient (Wildman–Crippen LogP) is 5.41. The fraction of sp³-hybridized carbons (Fsp3) is 0.250. The van der Waals surface area contributed by atoms with Crippen molar-refractivity contribution >= 4 is 38.3 Å². The van der Waals surface area contributed by atoms with Crippen LogP contribution in [0.15, 0.2) is 77.7 Å². The van der Waals surface area contributed by atoms with Crippen LogP contribution in [0.1, 0.15) is 47.8 Å². The lowest BCUT2D eigenvalue weighted by Crippen LogP contribution is -2.31. The third-order valence-electron chi connectivity index (χ3n) is 7.07. The van der Waals surface area contributed by atoms with Crippen LogP contribution in [-0.2, 0) is 34.2 Å². The Morgan fingerprint density at radius 1 is 0.829 bits per heavy atom. The first kappa shape index (κ1) is 28.2. The third kappa shape index (κ3) is 5.50. The third-order valence-corrected chi connectivity index (χ3v) is 8.46. The Labute approximate surface area is 239 Å². The second-order valence-electron chi connectivity index (χ2n) is 9.68. The van der Waals surface area contributed by atoms with Crippen molar-refractivity contribution in [1.82, 2.24) is 4.72 Å².